The largest absolute Gasteiger partial charge is 0.0648 e. The van der Waals surface area contributed by atoms with E-state index in [1.54, 1.807) is 0 Å². The van der Waals surface area contributed by atoms with Crippen molar-refractivity contribution in [3.8, 4) is 33.4 Å². The Kier molecular flexibility index (Phi) is 7.12. The molecule has 0 unspecified atom stereocenters. The van der Waals surface area contributed by atoms with Gasteiger partial charge >= 0.3 is 0 Å². The summed E-state index contributed by atoms with van der Waals surface area (Å²) in [5, 5.41) is 0. The van der Waals surface area contributed by atoms with Gasteiger partial charge in [0.1, 0.15) is 0 Å². The molecule has 0 bridgehead atoms. The Labute approximate surface area is 324 Å². The van der Waals surface area contributed by atoms with Crippen LogP contribution in [0.25, 0.3) is 33.4 Å². The van der Waals surface area contributed by atoms with Gasteiger partial charge in [0.25, 0.3) is 0 Å². The van der Waals surface area contributed by atoms with Crippen LogP contribution in [0.2, 0.25) is 0 Å². The number of hydrogen-bond acceptors (Lipinski definition) is 0. The second-order valence-corrected chi connectivity index (χ2v) is 20.6. The third kappa shape index (κ3) is 4.49. The quantitative estimate of drug-likeness (QED) is 0.148. The lowest BCUT2D eigenvalue weighted by Crippen LogP contribution is -2.59. The van der Waals surface area contributed by atoms with Crippen LogP contribution in [0, 0.1) is 0 Å². The maximum absolute atomic E-state index is 2.63. The van der Waals surface area contributed by atoms with Gasteiger partial charge in [-0.3, -0.25) is 0 Å². The molecule has 0 spiro atoms. The average Bonchev–Trinajstić information content (AvgIpc) is 3.12. The first-order valence-electron chi connectivity index (χ1n) is 20.1. The molecular weight excluding hydrogens is 649 g/mol. The molecule has 54 heavy (non-hydrogen) atoms. The molecule has 0 saturated carbocycles. The Bertz CT molecular complexity index is 2220. The van der Waals surface area contributed by atoms with Crippen molar-refractivity contribution >= 4 is 0 Å². The third-order valence-corrected chi connectivity index (χ3v) is 13.3. The molecule has 9 rings (SSSR count). The van der Waals surface area contributed by atoms with Gasteiger partial charge in [-0.1, -0.05) is 204 Å². The molecule has 0 radical (unpaired) electrons. The fraction of sp³-hybridized carbons (Fsp3) is 0.333. The van der Waals surface area contributed by atoms with Gasteiger partial charge < -0.3 is 0 Å². The van der Waals surface area contributed by atoms with E-state index in [9.17, 15) is 0 Å². The molecule has 0 fully saturated rings. The summed E-state index contributed by atoms with van der Waals surface area (Å²) >= 11 is 0. The monoisotopic (exact) mass is 704 g/mol. The molecule has 0 heteroatoms. The highest BCUT2D eigenvalue weighted by molar-refractivity contribution is 5.98. The summed E-state index contributed by atoms with van der Waals surface area (Å²) < 4.78 is 0. The maximum Gasteiger partial charge on any atom is 0.0648 e. The SMILES string of the molecule is CC(C)(C)c1ccc2c(c1)C13c4ccccc4-c4ccccc4C1(c1cc(C(C)(C)C)ccc1-2)c1cc(C(C)(C)C)ccc1-c1ccc(C(C)(C)C)cc13. The van der Waals surface area contributed by atoms with Gasteiger partial charge in [-0.25, -0.2) is 0 Å². The van der Waals surface area contributed by atoms with Crippen LogP contribution < -0.4 is 0 Å². The summed E-state index contributed by atoms with van der Waals surface area (Å²) in [6, 6.07) is 48.9. The highest BCUT2D eigenvalue weighted by atomic mass is 14.7. The molecule has 0 aliphatic heterocycles. The minimum absolute atomic E-state index is 0.0289. The van der Waals surface area contributed by atoms with Gasteiger partial charge in [0.2, 0.25) is 0 Å². The first kappa shape index (κ1) is 35.0. The molecule has 6 aromatic carbocycles. The van der Waals surface area contributed by atoms with Crippen LogP contribution >= 0.6 is 0 Å². The second-order valence-electron chi connectivity index (χ2n) is 20.6. The van der Waals surface area contributed by atoms with Crippen LogP contribution in [0.15, 0.2) is 121 Å². The summed E-state index contributed by atoms with van der Waals surface area (Å²) in [7, 11) is 0. The van der Waals surface area contributed by atoms with E-state index in [0.717, 1.165) is 0 Å². The Morgan fingerprint density at radius 2 is 0.481 bits per heavy atom. The summed E-state index contributed by atoms with van der Waals surface area (Å²) in [4.78, 5) is 0. The molecule has 3 aliphatic rings. The molecule has 0 atom stereocenters. The van der Waals surface area contributed by atoms with Crippen molar-refractivity contribution in [1.29, 1.82) is 0 Å². The van der Waals surface area contributed by atoms with E-state index in [2.05, 4.69) is 204 Å². The van der Waals surface area contributed by atoms with Crippen LogP contribution in [0.1, 0.15) is 139 Å². The molecule has 0 aromatic heterocycles. The van der Waals surface area contributed by atoms with Crippen molar-refractivity contribution in [3.05, 3.63) is 177 Å². The lowest BCUT2D eigenvalue weighted by molar-refractivity contribution is 0.401. The maximum atomic E-state index is 2.63. The lowest BCUT2D eigenvalue weighted by atomic mass is 9.38. The van der Waals surface area contributed by atoms with E-state index in [0.29, 0.717) is 0 Å². The molecule has 3 aliphatic carbocycles. The Morgan fingerprint density at radius 1 is 0.259 bits per heavy atom. The Morgan fingerprint density at radius 3 is 0.722 bits per heavy atom. The fourth-order valence-corrected chi connectivity index (χ4v) is 10.4. The van der Waals surface area contributed by atoms with Crippen LogP contribution in [0.3, 0.4) is 0 Å². The van der Waals surface area contributed by atoms with Crippen LogP contribution in [-0.2, 0) is 32.5 Å². The third-order valence-electron chi connectivity index (χ3n) is 13.3. The first-order chi connectivity index (χ1) is 25.3. The smallest absolute Gasteiger partial charge is 0.0619 e. The van der Waals surface area contributed by atoms with E-state index < -0.39 is 10.8 Å². The molecule has 0 amide bonds. The van der Waals surface area contributed by atoms with Crippen molar-refractivity contribution < 1.29 is 0 Å². The van der Waals surface area contributed by atoms with Crippen molar-refractivity contribution in [3.63, 3.8) is 0 Å². The molecule has 0 saturated heterocycles. The van der Waals surface area contributed by atoms with Gasteiger partial charge in [0, 0.05) is 0 Å². The average molecular weight is 705 g/mol. The fourth-order valence-electron chi connectivity index (χ4n) is 10.4. The molecule has 6 aromatic rings. The zero-order valence-corrected chi connectivity index (χ0v) is 34.5. The van der Waals surface area contributed by atoms with Gasteiger partial charge in [0.05, 0.1) is 10.8 Å². The molecule has 0 heterocycles. The summed E-state index contributed by atoms with van der Waals surface area (Å²) in [5.74, 6) is 0. The van der Waals surface area contributed by atoms with Crippen LogP contribution in [-0.4, -0.2) is 0 Å². The lowest BCUT2D eigenvalue weighted by Gasteiger charge is -2.62. The number of fused-ring (bicyclic) bond motifs is 9. The molecule has 0 N–H and O–H groups in total. The topological polar surface area (TPSA) is 0 Å². The standard InChI is InChI=1S/C54H56/c1-49(2,3)33-21-25-39-40-26-22-35(51(7,8)9)31-47(40)54-44-20-16-14-18-38(44)37-17-13-15-19-43(37)53(54,45(39)29-33)46-30-34(50(4,5)6)23-27-41(46)42-28-24-36(32-48(42)54)52(10,11)12/h13-32H,1-12H3. The molecule has 0 nitrogen and oxygen atoms in total. The summed E-state index contributed by atoms with van der Waals surface area (Å²) in [6.45, 7) is 28.4. The minimum atomic E-state index is -0.571. The number of benzene rings is 6. The van der Waals surface area contributed by atoms with Crippen molar-refractivity contribution in [1.82, 2.24) is 0 Å². The van der Waals surface area contributed by atoms with Crippen molar-refractivity contribution in [2.45, 2.75) is 116 Å². The molecular formula is C54H56. The van der Waals surface area contributed by atoms with Crippen molar-refractivity contribution in [2.24, 2.45) is 0 Å². The van der Waals surface area contributed by atoms with E-state index in [4.69, 9.17) is 0 Å². The van der Waals surface area contributed by atoms with E-state index in [1.165, 1.54) is 89.0 Å². The Balaban J connectivity index is 1.65. The first-order valence-corrected chi connectivity index (χ1v) is 20.1. The van der Waals surface area contributed by atoms with E-state index >= 15 is 0 Å². The van der Waals surface area contributed by atoms with Gasteiger partial charge in [0.15, 0.2) is 0 Å². The highest BCUT2D eigenvalue weighted by Crippen LogP contribution is 2.73. The zero-order chi connectivity index (χ0) is 38.4. The van der Waals surface area contributed by atoms with E-state index in [1.807, 2.05) is 0 Å². The Hall–Kier alpha value is -4.68. The number of hydrogen-bond donors (Lipinski definition) is 0. The van der Waals surface area contributed by atoms with E-state index in [-0.39, 0.29) is 21.7 Å². The van der Waals surface area contributed by atoms with Gasteiger partial charge in [-0.05, 0) is 111 Å². The predicted octanol–water partition coefficient (Wildman–Crippen LogP) is 14.2. The summed E-state index contributed by atoms with van der Waals surface area (Å²) in [5.41, 5.74) is 20.8. The van der Waals surface area contributed by atoms with Crippen LogP contribution in [0.5, 0.6) is 0 Å². The summed E-state index contributed by atoms with van der Waals surface area (Å²) in [6.07, 6.45) is 0. The normalized spacial score (nSPS) is 19.6. The molecule has 272 valence electrons. The van der Waals surface area contributed by atoms with Gasteiger partial charge in [-0.2, -0.15) is 0 Å². The van der Waals surface area contributed by atoms with Crippen LogP contribution in [0.4, 0.5) is 0 Å². The predicted molar refractivity (Wildman–Crippen MR) is 230 cm³/mol. The highest BCUT2D eigenvalue weighted by Gasteiger charge is 2.67. The second kappa shape index (κ2) is 11.0. The number of rotatable bonds is 0. The van der Waals surface area contributed by atoms with Gasteiger partial charge in [-0.15, -0.1) is 0 Å². The zero-order valence-electron chi connectivity index (χ0n) is 34.5. The van der Waals surface area contributed by atoms with Crippen molar-refractivity contribution in [2.75, 3.05) is 0 Å². The minimum Gasteiger partial charge on any atom is -0.0619 e.